The van der Waals surface area contributed by atoms with Crippen molar-refractivity contribution in [3.05, 3.63) is 101 Å². The van der Waals surface area contributed by atoms with Gasteiger partial charge in [-0.25, -0.2) is 8.78 Å². The quantitative estimate of drug-likeness (QED) is 0.594. The van der Waals surface area contributed by atoms with Crippen LogP contribution in [0.15, 0.2) is 72.8 Å². The summed E-state index contributed by atoms with van der Waals surface area (Å²) in [5.41, 5.74) is 1.45. The Morgan fingerprint density at radius 1 is 0.969 bits per heavy atom. The number of nitrogens with zero attached hydrogens (tertiary/aromatic N) is 1. The molecule has 6 heteroatoms. The normalized spacial score (nSPS) is 17.5. The maximum Gasteiger partial charge on any atom is 0.255 e. The Balaban J connectivity index is 1.50. The van der Waals surface area contributed by atoms with Crippen LogP contribution in [0, 0.1) is 11.6 Å². The van der Waals surface area contributed by atoms with E-state index in [0.29, 0.717) is 31.0 Å². The molecule has 4 nitrogen and oxygen atoms in total. The van der Waals surface area contributed by atoms with Crippen LogP contribution in [0.5, 0.6) is 0 Å². The summed E-state index contributed by atoms with van der Waals surface area (Å²) in [6.45, 7) is 2.10. The molecule has 0 bridgehead atoms. The third kappa shape index (κ3) is 4.26. The number of amides is 2. The van der Waals surface area contributed by atoms with Crippen LogP contribution in [0.4, 0.5) is 14.5 Å². The maximum absolute atomic E-state index is 14.0. The van der Waals surface area contributed by atoms with Crippen LogP contribution in [-0.4, -0.2) is 28.8 Å². The summed E-state index contributed by atoms with van der Waals surface area (Å²) < 4.78 is 27.1. The van der Waals surface area contributed by atoms with E-state index in [1.54, 1.807) is 13.0 Å². The Morgan fingerprint density at radius 2 is 1.69 bits per heavy atom. The smallest absolute Gasteiger partial charge is 0.255 e. The molecule has 1 atom stereocenters. The largest absolute Gasteiger partial charge is 0.324 e. The zero-order valence-corrected chi connectivity index (χ0v) is 17.8. The number of anilines is 1. The van der Waals surface area contributed by atoms with E-state index in [1.165, 1.54) is 16.5 Å². The van der Waals surface area contributed by atoms with E-state index < -0.39 is 23.1 Å². The van der Waals surface area contributed by atoms with E-state index >= 15 is 0 Å². The average molecular weight is 434 g/mol. The number of nitrogens with one attached hydrogen (secondary N) is 1. The number of likely N-dealkylation sites (tertiary alicyclic amines) is 1. The van der Waals surface area contributed by atoms with Crippen LogP contribution >= 0.6 is 0 Å². The molecule has 0 radical (unpaired) electrons. The number of benzene rings is 3. The highest BCUT2D eigenvalue weighted by molar-refractivity contribution is 6.05. The molecule has 1 aliphatic heterocycles. The SMILES string of the molecule is CC1(C(=O)Nc2ccc(F)cc2F)CCN1C(=O)c1ccccc1CCc1ccccc1. The molecule has 1 N–H and O–H groups in total. The third-order valence-corrected chi connectivity index (χ3v) is 6.11. The van der Waals surface area contributed by atoms with Crippen LogP contribution in [0.2, 0.25) is 0 Å². The monoisotopic (exact) mass is 434 g/mol. The van der Waals surface area contributed by atoms with Gasteiger partial charge >= 0.3 is 0 Å². The fourth-order valence-corrected chi connectivity index (χ4v) is 3.98. The van der Waals surface area contributed by atoms with E-state index in [9.17, 15) is 18.4 Å². The van der Waals surface area contributed by atoms with Crippen molar-refractivity contribution >= 4 is 17.5 Å². The number of halogens is 2. The molecule has 3 aromatic rings. The highest BCUT2D eigenvalue weighted by Crippen LogP contribution is 2.34. The lowest BCUT2D eigenvalue weighted by molar-refractivity contribution is -0.132. The summed E-state index contributed by atoms with van der Waals surface area (Å²) in [4.78, 5) is 27.8. The summed E-state index contributed by atoms with van der Waals surface area (Å²) >= 11 is 0. The topological polar surface area (TPSA) is 49.4 Å². The Bertz CT molecular complexity index is 1150. The molecule has 2 amide bonds. The van der Waals surface area contributed by atoms with Crippen molar-refractivity contribution in [3.8, 4) is 0 Å². The van der Waals surface area contributed by atoms with Crippen molar-refractivity contribution < 1.29 is 18.4 Å². The molecule has 1 aliphatic rings. The molecular formula is C26H24F2N2O2. The van der Waals surface area contributed by atoms with Gasteiger partial charge in [0.15, 0.2) is 0 Å². The number of rotatable bonds is 6. The van der Waals surface area contributed by atoms with Crippen molar-refractivity contribution in [3.63, 3.8) is 0 Å². The first kappa shape index (κ1) is 21.7. The van der Waals surface area contributed by atoms with Gasteiger partial charge in [0.25, 0.3) is 5.91 Å². The van der Waals surface area contributed by atoms with Gasteiger partial charge in [-0.15, -0.1) is 0 Å². The summed E-state index contributed by atoms with van der Waals surface area (Å²) in [5.74, 6) is -2.30. The zero-order valence-electron chi connectivity index (χ0n) is 17.8. The van der Waals surface area contributed by atoms with Crippen molar-refractivity contribution in [2.75, 3.05) is 11.9 Å². The number of carbonyl (C=O) groups excluding carboxylic acids is 2. The lowest BCUT2D eigenvalue weighted by Gasteiger charge is -2.49. The molecule has 1 unspecified atom stereocenters. The summed E-state index contributed by atoms with van der Waals surface area (Å²) in [5, 5.41) is 2.50. The van der Waals surface area contributed by atoms with Gasteiger partial charge in [0.1, 0.15) is 17.2 Å². The van der Waals surface area contributed by atoms with Crippen LogP contribution in [0.3, 0.4) is 0 Å². The van der Waals surface area contributed by atoms with E-state index in [-0.39, 0.29) is 11.6 Å². The number of hydrogen-bond donors (Lipinski definition) is 1. The molecule has 0 aromatic heterocycles. The molecule has 0 aliphatic carbocycles. The van der Waals surface area contributed by atoms with Gasteiger partial charge in [0.05, 0.1) is 5.69 Å². The molecule has 0 spiro atoms. The molecule has 3 aromatic carbocycles. The van der Waals surface area contributed by atoms with Crippen LogP contribution in [-0.2, 0) is 17.6 Å². The molecule has 1 heterocycles. The molecule has 1 fully saturated rings. The molecule has 4 rings (SSSR count). The van der Waals surface area contributed by atoms with Crippen molar-refractivity contribution in [2.45, 2.75) is 31.7 Å². The Hall–Kier alpha value is -3.54. The lowest BCUT2D eigenvalue weighted by Crippen LogP contribution is -2.66. The van der Waals surface area contributed by atoms with Gasteiger partial charge in [-0.05, 0) is 55.5 Å². The van der Waals surface area contributed by atoms with Gasteiger partial charge in [0.2, 0.25) is 5.91 Å². The maximum atomic E-state index is 14.0. The Labute approximate surface area is 185 Å². The van der Waals surface area contributed by atoms with E-state index in [2.05, 4.69) is 17.4 Å². The summed E-state index contributed by atoms with van der Waals surface area (Å²) in [6, 6.07) is 20.4. The fraction of sp³-hybridized carbons (Fsp3) is 0.231. The minimum Gasteiger partial charge on any atom is -0.324 e. The van der Waals surface area contributed by atoms with Gasteiger partial charge in [0, 0.05) is 18.2 Å². The minimum atomic E-state index is -1.11. The second kappa shape index (κ2) is 8.91. The second-order valence-electron chi connectivity index (χ2n) is 8.20. The number of carbonyl (C=O) groups is 2. The van der Waals surface area contributed by atoms with E-state index in [4.69, 9.17) is 0 Å². The van der Waals surface area contributed by atoms with Gasteiger partial charge < -0.3 is 10.2 Å². The predicted octanol–water partition coefficient (Wildman–Crippen LogP) is 4.99. The average Bonchev–Trinajstić information content (AvgIpc) is 2.79. The minimum absolute atomic E-state index is 0.111. The molecular weight excluding hydrogens is 410 g/mol. The van der Waals surface area contributed by atoms with Crippen LogP contribution in [0.1, 0.15) is 34.8 Å². The molecule has 0 saturated carbocycles. The highest BCUT2D eigenvalue weighted by Gasteiger charge is 2.50. The van der Waals surface area contributed by atoms with Gasteiger partial charge in [-0.3, -0.25) is 9.59 Å². The molecule has 1 saturated heterocycles. The van der Waals surface area contributed by atoms with Crippen molar-refractivity contribution in [2.24, 2.45) is 0 Å². The lowest BCUT2D eigenvalue weighted by atomic mass is 9.84. The first-order valence-corrected chi connectivity index (χ1v) is 10.6. The highest BCUT2D eigenvalue weighted by atomic mass is 19.1. The Morgan fingerprint density at radius 3 is 2.38 bits per heavy atom. The first-order valence-electron chi connectivity index (χ1n) is 10.6. The van der Waals surface area contributed by atoms with Crippen LogP contribution < -0.4 is 5.32 Å². The standard InChI is InChI=1S/C26H24F2N2O2/c1-26(25(32)29-23-14-13-20(27)17-22(23)28)15-16-30(26)24(31)21-10-6-5-9-19(21)12-11-18-7-3-2-4-8-18/h2-10,13-14,17H,11-12,15-16H2,1H3,(H,29,32). The van der Waals surface area contributed by atoms with Crippen LogP contribution in [0.25, 0.3) is 0 Å². The number of hydrogen-bond acceptors (Lipinski definition) is 2. The van der Waals surface area contributed by atoms with Crippen molar-refractivity contribution in [1.82, 2.24) is 4.90 Å². The van der Waals surface area contributed by atoms with Crippen molar-refractivity contribution in [1.29, 1.82) is 0 Å². The van der Waals surface area contributed by atoms with E-state index in [0.717, 1.165) is 18.1 Å². The van der Waals surface area contributed by atoms with Gasteiger partial charge in [-0.1, -0.05) is 48.5 Å². The molecule has 32 heavy (non-hydrogen) atoms. The van der Waals surface area contributed by atoms with Gasteiger partial charge in [-0.2, -0.15) is 0 Å². The number of aryl methyl sites for hydroxylation is 2. The third-order valence-electron chi connectivity index (χ3n) is 6.11. The molecule has 164 valence electrons. The zero-order chi connectivity index (χ0) is 22.7. The fourth-order valence-electron chi connectivity index (χ4n) is 3.98. The second-order valence-corrected chi connectivity index (χ2v) is 8.20. The Kier molecular flexibility index (Phi) is 6.04. The summed E-state index contributed by atoms with van der Waals surface area (Å²) in [6.07, 6.45) is 1.95. The predicted molar refractivity (Wildman–Crippen MR) is 119 cm³/mol. The van der Waals surface area contributed by atoms with E-state index in [1.807, 2.05) is 36.4 Å². The summed E-state index contributed by atoms with van der Waals surface area (Å²) in [7, 11) is 0. The first-order chi connectivity index (χ1) is 15.4.